The molecule has 12 heteroatoms. The highest BCUT2D eigenvalue weighted by atomic mass is 19.3. The maximum Gasteiger partial charge on any atom is 0.387 e. The number of fused-ring (bicyclic) bond motifs is 2. The average molecular weight is 650 g/mol. The number of alkyl halides is 6. The first-order chi connectivity index (χ1) is 21.8. The second kappa shape index (κ2) is 12.6. The van der Waals surface area contributed by atoms with E-state index in [2.05, 4.69) is 14.9 Å². The molecule has 1 amide bonds. The lowest BCUT2D eigenvalue weighted by molar-refractivity contribution is -0.126. The van der Waals surface area contributed by atoms with E-state index in [0.717, 1.165) is 43.7 Å². The number of rotatable bonds is 9. The van der Waals surface area contributed by atoms with Gasteiger partial charge in [0.15, 0.2) is 5.82 Å². The monoisotopic (exact) mass is 649 g/mol. The van der Waals surface area contributed by atoms with Crippen LogP contribution in [0.5, 0.6) is 5.75 Å². The highest BCUT2D eigenvalue weighted by Crippen LogP contribution is 2.52. The van der Waals surface area contributed by atoms with Crippen LogP contribution in [-0.2, 0) is 16.1 Å². The van der Waals surface area contributed by atoms with Crippen LogP contribution in [0.1, 0.15) is 82.8 Å². The summed E-state index contributed by atoms with van der Waals surface area (Å²) in [6.45, 7) is -1.82. The molecule has 3 saturated carbocycles. The van der Waals surface area contributed by atoms with Crippen LogP contribution in [0.4, 0.5) is 32.0 Å². The molecule has 0 radical (unpaired) electrons. The minimum atomic E-state index is -3.23. The van der Waals surface area contributed by atoms with Crippen molar-refractivity contribution in [3.63, 3.8) is 0 Å². The van der Waals surface area contributed by atoms with Crippen molar-refractivity contribution in [3.8, 4) is 16.9 Å². The van der Waals surface area contributed by atoms with E-state index in [1.54, 1.807) is 17.0 Å². The van der Waals surface area contributed by atoms with Crippen molar-refractivity contribution in [1.29, 1.82) is 0 Å². The number of hydrogen-bond acceptors (Lipinski definition) is 5. The van der Waals surface area contributed by atoms with Gasteiger partial charge in [-0.05, 0) is 85.8 Å². The lowest BCUT2D eigenvalue weighted by atomic mass is 9.58. The summed E-state index contributed by atoms with van der Waals surface area (Å²) in [4.78, 5) is 20.0. The van der Waals surface area contributed by atoms with Crippen molar-refractivity contribution in [1.82, 2.24) is 10.1 Å². The van der Waals surface area contributed by atoms with Crippen molar-refractivity contribution in [2.24, 2.45) is 17.8 Å². The lowest BCUT2D eigenvalue weighted by Gasteiger charge is -2.48. The number of halogens is 6. The first-order valence-electron chi connectivity index (χ1n) is 15.9. The number of aromatic nitrogens is 2. The van der Waals surface area contributed by atoms with Gasteiger partial charge >= 0.3 is 12.5 Å². The standard InChI is InChI=1S/C34H37F6N3O3/c1-32(37,38)30-41-29(42-46-30)33-14-3-5-24(19-33)25(11-15-33)20-43(28(44)22-12-16-34(39,40)17-13-22)26-6-2-4-23(18-26)21-7-9-27(10-8-21)45-31(35)36/h2,4,6-10,18,22,24-25,31H,3,5,11-17,19-20H2,1H3. The van der Waals surface area contributed by atoms with Crippen molar-refractivity contribution in [2.75, 3.05) is 11.4 Å². The maximum absolute atomic E-state index is 14.1. The van der Waals surface area contributed by atoms with Gasteiger partial charge in [-0.1, -0.05) is 42.3 Å². The zero-order valence-corrected chi connectivity index (χ0v) is 25.5. The Kier molecular flexibility index (Phi) is 8.84. The third-order valence-corrected chi connectivity index (χ3v) is 10.1. The Morgan fingerprint density at radius 2 is 1.76 bits per heavy atom. The molecule has 3 aliphatic carbocycles. The number of carbonyl (C=O) groups is 1. The van der Waals surface area contributed by atoms with Gasteiger partial charge in [-0.2, -0.15) is 22.5 Å². The highest BCUT2D eigenvalue weighted by Gasteiger charge is 2.49. The van der Waals surface area contributed by atoms with Crippen molar-refractivity contribution >= 4 is 11.6 Å². The maximum atomic E-state index is 14.1. The molecule has 6 nitrogen and oxygen atoms in total. The molecule has 1 heterocycles. The quantitative estimate of drug-likeness (QED) is 0.216. The third kappa shape index (κ3) is 6.90. The summed E-state index contributed by atoms with van der Waals surface area (Å²) >= 11 is 0. The summed E-state index contributed by atoms with van der Waals surface area (Å²) in [5.41, 5.74) is 1.67. The van der Waals surface area contributed by atoms with E-state index in [0.29, 0.717) is 30.9 Å². The molecule has 0 N–H and O–H groups in total. The summed E-state index contributed by atoms with van der Waals surface area (Å²) < 4.78 is 90.5. The average Bonchev–Trinajstić information content (AvgIpc) is 3.53. The van der Waals surface area contributed by atoms with E-state index in [4.69, 9.17) is 4.52 Å². The van der Waals surface area contributed by atoms with E-state index in [1.165, 1.54) is 12.1 Å². The lowest BCUT2D eigenvalue weighted by Crippen LogP contribution is -2.47. The van der Waals surface area contributed by atoms with Crippen LogP contribution in [-0.4, -0.2) is 35.1 Å². The van der Waals surface area contributed by atoms with Gasteiger partial charge in [0, 0.05) is 43.3 Å². The predicted molar refractivity (Wildman–Crippen MR) is 158 cm³/mol. The molecule has 2 bridgehead atoms. The SMILES string of the molecule is CC(F)(F)c1nc(C23CCCC(C2)C(CN(C(=O)C2CCC(F)(F)CC2)c2cccc(-c4ccc(OC(F)F)cc4)c2)CC3)no1. The molecule has 0 aliphatic heterocycles. The van der Waals surface area contributed by atoms with Crippen LogP contribution in [0.3, 0.4) is 0 Å². The van der Waals surface area contributed by atoms with Crippen LogP contribution in [0.25, 0.3) is 11.1 Å². The molecule has 2 aromatic carbocycles. The summed E-state index contributed by atoms with van der Waals surface area (Å²) in [7, 11) is 0. The molecule has 3 atom stereocenters. The van der Waals surface area contributed by atoms with Gasteiger partial charge in [0.2, 0.25) is 11.8 Å². The fourth-order valence-corrected chi connectivity index (χ4v) is 7.65. The Balaban J connectivity index is 1.26. The van der Waals surface area contributed by atoms with E-state index in [-0.39, 0.29) is 49.2 Å². The molecular weight excluding hydrogens is 612 g/mol. The number of carbonyl (C=O) groups excluding carboxylic acids is 1. The van der Waals surface area contributed by atoms with Crippen LogP contribution in [0, 0.1) is 17.8 Å². The van der Waals surface area contributed by atoms with Crippen LogP contribution in [0.2, 0.25) is 0 Å². The largest absolute Gasteiger partial charge is 0.435 e. The molecule has 3 aromatic rings. The molecule has 1 aromatic heterocycles. The fraction of sp³-hybridized carbons (Fsp3) is 0.559. The Labute approximate surface area is 263 Å². The van der Waals surface area contributed by atoms with E-state index in [1.807, 2.05) is 24.3 Å². The molecule has 0 saturated heterocycles. The summed E-state index contributed by atoms with van der Waals surface area (Å²) in [5.74, 6) is -6.78. The van der Waals surface area contributed by atoms with Crippen molar-refractivity contribution in [3.05, 3.63) is 60.2 Å². The first kappa shape index (κ1) is 32.4. The van der Waals surface area contributed by atoms with Gasteiger partial charge in [-0.15, -0.1) is 0 Å². The van der Waals surface area contributed by atoms with Gasteiger partial charge in [0.05, 0.1) is 0 Å². The second-order valence-corrected chi connectivity index (χ2v) is 13.3. The molecular formula is C34H37F6N3O3. The van der Waals surface area contributed by atoms with Crippen LogP contribution in [0.15, 0.2) is 53.1 Å². The molecule has 3 fully saturated rings. The highest BCUT2D eigenvalue weighted by molar-refractivity contribution is 5.95. The predicted octanol–water partition coefficient (Wildman–Crippen LogP) is 9.15. The van der Waals surface area contributed by atoms with Gasteiger partial charge in [-0.25, -0.2) is 8.78 Å². The van der Waals surface area contributed by atoms with Gasteiger partial charge in [0.1, 0.15) is 5.75 Å². The van der Waals surface area contributed by atoms with E-state index in [9.17, 15) is 31.1 Å². The minimum absolute atomic E-state index is 0.0297. The molecule has 46 heavy (non-hydrogen) atoms. The number of hydrogen-bond donors (Lipinski definition) is 0. The number of nitrogens with zero attached hydrogens (tertiary/aromatic N) is 3. The van der Waals surface area contributed by atoms with Gasteiger partial charge < -0.3 is 14.2 Å². The topological polar surface area (TPSA) is 68.5 Å². The number of amides is 1. The number of ether oxygens (including phenoxy) is 1. The Morgan fingerprint density at radius 3 is 2.43 bits per heavy atom. The van der Waals surface area contributed by atoms with E-state index >= 15 is 0 Å². The first-order valence-corrected chi connectivity index (χ1v) is 15.9. The number of anilines is 1. The molecule has 3 aliphatic rings. The normalized spacial score (nSPS) is 25.0. The molecule has 6 rings (SSSR count). The fourth-order valence-electron chi connectivity index (χ4n) is 7.65. The van der Waals surface area contributed by atoms with Gasteiger partial charge in [-0.3, -0.25) is 4.79 Å². The molecule has 3 unspecified atom stereocenters. The number of benzene rings is 2. The molecule has 248 valence electrons. The Bertz CT molecular complexity index is 1510. The third-order valence-electron chi connectivity index (χ3n) is 10.1. The second-order valence-electron chi connectivity index (χ2n) is 13.3. The molecule has 0 spiro atoms. The Hall–Kier alpha value is -3.57. The van der Waals surface area contributed by atoms with Crippen molar-refractivity contribution < 1.29 is 40.4 Å². The summed E-state index contributed by atoms with van der Waals surface area (Å²) in [6.07, 6.45) is 4.15. The summed E-state index contributed by atoms with van der Waals surface area (Å²) in [5, 5.41) is 3.97. The van der Waals surface area contributed by atoms with Crippen molar-refractivity contribution in [2.45, 2.75) is 95.0 Å². The minimum Gasteiger partial charge on any atom is -0.435 e. The van der Waals surface area contributed by atoms with E-state index < -0.39 is 35.7 Å². The zero-order chi connectivity index (χ0) is 32.7. The van der Waals surface area contributed by atoms with Crippen LogP contribution >= 0.6 is 0 Å². The summed E-state index contributed by atoms with van der Waals surface area (Å²) in [6, 6.07) is 13.6. The Morgan fingerprint density at radius 1 is 1.02 bits per heavy atom. The van der Waals surface area contributed by atoms with Gasteiger partial charge in [0.25, 0.3) is 5.89 Å². The van der Waals surface area contributed by atoms with Crippen LogP contribution < -0.4 is 9.64 Å². The smallest absolute Gasteiger partial charge is 0.387 e. The zero-order valence-electron chi connectivity index (χ0n) is 25.5.